The molecule has 0 amide bonds. The highest BCUT2D eigenvalue weighted by Crippen LogP contribution is 2.37. The maximum atomic E-state index is 10.6. The Morgan fingerprint density at radius 3 is 2.89 bits per heavy atom. The van der Waals surface area contributed by atoms with Crippen LogP contribution in [0.1, 0.15) is 37.9 Å². The Labute approximate surface area is 214 Å². The predicted molar refractivity (Wildman–Crippen MR) is 145 cm³/mol. The van der Waals surface area contributed by atoms with Crippen molar-refractivity contribution in [1.82, 2.24) is 19.7 Å². The van der Waals surface area contributed by atoms with Gasteiger partial charge in [0.15, 0.2) is 5.13 Å². The number of hydrogen-bond donors (Lipinski definition) is 2. The number of ether oxygens (including phenoxy) is 1. The van der Waals surface area contributed by atoms with E-state index in [0.29, 0.717) is 12.2 Å². The van der Waals surface area contributed by atoms with Crippen LogP contribution in [0.5, 0.6) is 11.5 Å². The van der Waals surface area contributed by atoms with E-state index in [1.54, 1.807) is 17.5 Å². The third kappa shape index (κ3) is 4.69. The summed E-state index contributed by atoms with van der Waals surface area (Å²) < 4.78 is 9.10. The van der Waals surface area contributed by atoms with Gasteiger partial charge in [0.25, 0.3) is 0 Å². The monoisotopic (exact) mass is 499 g/mol. The Bertz CT molecular complexity index is 1490. The molecule has 6 rings (SSSR count). The lowest BCUT2D eigenvalue weighted by molar-refractivity contribution is 0.166. The van der Waals surface area contributed by atoms with E-state index in [-0.39, 0.29) is 13.5 Å². The van der Waals surface area contributed by atoms with E-state index in [4.69, 9.17) is 9.72 Å². The number of benzene rings is 2. The highest BCUT2D eigenvalue weighted by atomic mass is 32.1. The molecule has 0 saturated carbocycles. The summed E-state index contributed by atoms with van der Waals surface area (Å²) in [5.41, 5.74) is 5.00. The molecule has 0 aliphatic heterocycles. The number of aliphatic hydroxyl groups excluding tert-OH is 1. The van der Waals surface area contributed by atoms with E-state index in [1.165, 1.54) is 5.56 Å². The zero-order valence-electron chi connectivity index (χ0n) is 19.3. The van der Waals surface area contributed by atoms with Gasteiger partial charge in [0.1, 0.15) is 11.5 Å². The third-order valence-electron chi connectivity index (χ3n) is 6.19. The normalized spacial score (nSPS) is 16.5. The first-order chi connectivity index (χ1) is 17.2. The minimum Gasteiger partial charge on any atom is -0.457 e. The summed E-state index contributed by atoms with van der Waals surface area (Å²) in [4.78, 5) is 9.20. The molecule has 1 aliphatic carbocycles. The van der Waals surface area contributed by atoms with E-state index < -0.39 is 6.10 Å². The van der Waals surface area contributed by atoms with Crippen molar-refractivity contribution in [3.63, 3.8) is 0 Å². The number of rotatable bonds is 7. The first-order valence-corrected chi connectivity index (χ1v) is 12.6. The second-order valence-electron chi connectivity index (χ2n) is 8.71. The molecule has 1 aliphatic rings. The molecule has 0 fully saturated rings. The van der Waals surface area contributed by atoms with Crippen LogP contribution in [0.3, 0.4) is 0 Å². The van der Waals surface area contributed by atoms with Gasteiger partial charge in [-0.2, -0.15) is 5.10 Å². The van der Waals surface area contributed by atoms with Gasteiger partial charge in [-0.25, -0.2) is 4.98 Å². The molecule has 36 heavy (non-hydrogen) atoms. The topological polar surface area (TPSA) is 85.1 Å². The second kappa shape index (κ2) is 10.1. The molecule has 5 aromatic rings. The molecule has 8 heteroatoms. The summed E-state index contributed by atoms with van der Waals surface area (Å²) in [5.74, 6) is 1.45. The molecule has 2 aromatic carbocycles. The van der Waals surface area contributed by atoms with Crippen LogP contribution in [-0.2, 0) is 13.0 Å². The molecule has 3 aromatic heterocycles. The number of aryl methyl sites for hydroxylation is 1. The number of fused-ring (bicyclic) bond motifs is 2. The number of hydrogen-bond acceptors (Lipinski definition) is 7. The molecule has 0 spiro atoms. The van der Waals surface area contributed by atoms with Crippen LogP contribution >= 0.6 is 11.3 Å². The zero-order chi connectivity index (χ0) is 23.8. The van der Waals surface area contributed by atoms with Gasteiger partial charge in [-0.1, -0.05) is 50.0 Å². The average Bonchev–Trinajstić information content (AvgIpc) is 3.57. The lowest BCUT2D eigenvalue weighted by Gasteiger charge is -2.16. The fourth-order valence-corrected chi connectivity index (χ4v) is 5.46. The highest BCUT2D eigenvalue weighted by molar-refractivity contribution is 7.22. The summed E-state index contributed by atoms with van der Waals surface area (Å²) in [6.07, 6.45) is 6.81. The first-order valence-electron chi connectivity index (χ1n) is 11.8. The number of aliphatic hydroxyl groups is 1. The fourth-order valence-electron chi connectivity index (χ4n) is 4.53. The van der Waals surface area contributed by atoms with Gasteiger partial charge in [0, 0.05) is 43.1 Å². The first kappa shape index (κ1) is 24.0. The maximum absolute atomic E-state index is 10.6. The van der Waals surface area contributed by atoms with E-state index in [0.717, 1.165) is 50.9 Å². The number of pyridine rings is 1. The third-order valence-corrected chi connectivity index (χ3v) is 7.14. The van der Waals surface area contributed by atoms with Crippen LogP contribution < -0.4 is 10.1 Å². The minimum absolute atomic E-state index is 0. The van der Waals surface area contributed by atoms with Crippen LogP contribution in [0.4, 0.5) is 5.13 Å². The van der Waals surface area contributed by atoms with Crippen LogP contribution in [0.25, 0.3) is 21.5 Å². The van der Waals surface area contributed by atoms with Gasteiger partial charge in [0.05, 0.1) is 34.3 Å². The summed E-state index contributed by atoms with van der Waals surface area (Å²) in [6, 6.07) is 17.7. The molecule has 184 valence electrons. The molecule has 0 saturated heterocycles. The molecule has 0 radical (unpaired) electrons. The zero-order valence-corrected chi connectivity index (χ0v) is 20.1. The number of aromatic nitrogens is 4. The highest BCUT2D eigenvalue weighted by Gasteiger charge is 2.31. The van der Waals surface area contributed by atoms with Crippen molar-refractivity contribution >= 4 is 26.7 Å². The number of nitrogens with one attached hydrogen (secondary N) is 1. The quantitative estimate of drug-likeness (QED) is 0.267. The SMILES string of the molecule is C.CCCn1cc(-c2cc(Oc3ccc4nc(N[C@@H]5c6ccccc6C[C@@H]5O)sc4c3)ccn2)cn1. The van der Waals surface area contributed by atoms with Crippen molar-refractivity contribution in [2.24, 2.45) is 0 Å². The average molecular weight is 500 g/mol. The summed E-state index contributed by atoms with van der Waals surface area (Å²) in [6.45, 7) is 3.01. The number of thiazole rings is 1. The van der Waals surface area contributed by atoms with Crippen molar-refractivity contribution in [1.29, 1.82) is 0 Å². The predicted octanol–water partition coefficient (Wildman–Crippen LogP) is 6.46. The molecule has 3 heterocycles. The molecule has 0 bridgehead atoms. The van der Waals surface area contributed by atoms with Gasteiger partial charge >= 0.3 is 0 Å². The van der Waals surface area contributed by atoms with Crippen molar-refractivity contribution in [2.45, 2.75) is 45.9 Å². The Kier molecular flexibility index (Phi) is 6.71. The standard InChI is InChI=1S/C27H25N5O2S.CH4/c1-2-11-32-16-18(15-29-32)23-13-20(9-10-28-23)34-19-7-8-22-25(14-19)35-27(30-22)31-26-21-6-4-3-5-17(21)12-24(26)33;/h3-10,13-16,24,26,33H,2,11-12H2,1H3,(H,30,31);1H4/t24-,26+;/m0./s1. The largest absolute Gasteiger partial charge is 0.457 e. The molecular formula is C28H29N5O2S. The number of anilines is 1. The van der Waals surface area contributed by atoms with E-state index in [1.807, 2.05) is 59.5 Å². The summed E-state index contributed by atoms with van der Waals surface area (Å²) in [7, 11) is 0. The van der Waals surface area contributed by atoms with Crippen molar-refractivity contribution < 1.29 is 9.84 Å². The lowest BCUT2D eigenvalue weighted by Crippen LogP contribution is -2.20. The Morgan fingerprint density at radius 2 is 2.00 bits per heavy atom. The smallest absolute Gasteiger partial charge is 0.184 e. The molecule has 2 N–H and O–H groups in total. The Morgan fingerprint density at radius 1 is 1.14 bits per heavy atom. The van der Waals surface area contributed by atoms with Crippen LogP contribution in [0, 0.1) is 0 Å². The van der Waals surface area contributed by atoms with Gasteiger partial charge in [-0.15, -0.1) is 0 Å². The van der Waals surface area contributed by atoms with Gasteiger partial charge in [-0.3, -0.25) is 9.67 Å². The Balaban J connectivity index is 0.00000267. The van der Waals surface area contributed by atoms with E-state index in [2.05, 4.69) is 34.5 Å². The van der Waals surface area contributed by atoms with Crippen LogP contribution in [0.15, 0.2) is 73.2 Å². The van der Waals surface area contributed by atoms with Gasteiger partial charge in [-0.05, 0) is 35.7 Å². The van der Waals surface area contributed by atoms with Crippen LogP contribution in [0.2, 0.25) is 0 Å². The summed E-state index contributed by atoms with van der Waals surface area (Å²) in [5, 5.41) is 19.2. The van der Waals surface area contributed by atoms with E-state index in [9.17, 15) is 5.11 Å². The Hall–Kier alpha value is -3.75. The molecule has 0 unspecified atom stereocenters. The van der Waals surface area contributed by atoms with Crippen molar-refractivity contribution in [2.75, 3.05) is 5.32 Å². The molecule has 2 atom stereocenters. The molecule has 7 nitrogen and oxygen atoms in total. The van der Waals surface area contributed by atoms with Crippen LogP contribution in [-0.4, -0.2) is 31.0 Å². The maximum Gasteiger partial charge on any atom is 0.184 e. The number of nitrogens with zero attached hydrogens (tertiary/aromatic N) is 4. The van der Waals surface area contributed by atoms with Crippen molar-refractivity contribution in [3.8, 4) is 22.8 Å². The minimum atomic E-state index is -0.465. The van der Waals surface area contributed by atoms with E-state index >= 15 is 0 Å². The molecular weight excluding hydrogens is 470 g/mol. The second-order valence-corrected chi connectivity index (χ2v) is 9.74. The fraction of sp³-hybridized carbons (Fsp3) is 0.250. The lowest BCUT2D eigenvalue weighted by atomic mass is 10.1. The van der Waals surface area contributed by atoms with Gasteiger partial charge < -0.3 is 15.2 Å². The van der Waals surface area contributed by atoms with Crippen molar-refractivity contribution in [3.05, 3.63) is 84.3 Å². The summed E-state index contributed by atoms with van der Waals surface area (Å²) >= 11 is 1.56. The van der Waals surface area contributed by atoms with Gasteiger partial charge in [0.2, 0.25) is 0 Å².